The smallest absolute Gasteiger partial charge is 0.165 e. The number of rotatable bonds is 20. The Morgan fingerprint density at radius 2 is 0.623 bits per heavy atom. The molecule has 0 aliphatic heterocycles. The first kappa shape index (κ1) is 43.0. The maximum absolute atomic E-state index is 6.39. The van der Waals surface area contributed by atoms with Gasteiger partial charge in [0.2, 0.25) is 0 Å². The number of ether oxygens (including phenoxy) is 4. The first-order chi connectivity index (χ1) is 29.5. The Balaban J connectivity index is 0.972. The van der Waals surface area contributed by atoms with E-state index in [0.717, 1.165) is 118 Å². The zero-order chi connectivity index (χ0) is 42.7. The molecule has 0 saturated heterocycles. The Kier molecular flexibility index (Phi) is 13.2. The highest BCUT2D eigenvalue weighted by Gasteiger charge is 2.29. The standard InChI is InChI=1S/C45H52N8O4S4/c1-50-37-25-29(9-13-33(37)46-41(50)58)54-21-5-17-45(18-6-22-55-30-10-14-34-38(26-30)51(2)42(59)47-34,19-7-23-56-31-11-15-35-39(27-31)52(3)43(60)48-35)20-8-24-57-32-12-16-36-40(28-32)53(4)44(61)49-36/h9-16,25-28H,5-8,17-24H2,1-4H3,(H,46,58)(H,47,59)(H,48,60)(H,49,61). The lowest BCUT2D eigenvalue weighted by molar-refractivity contribution is 0.134. The van der Waals surface area contributed by atoms with E-state index < -0.39 is 0 Å². The molecular weight excluding hydrogens is 845 g/mol. The Hall–Kier alpha value is -4.64. The fraction of sp³-hybridized carbons (Fsp3) is 0.378. The van der Waals surface area contributed by atoms with E-state index in [-0.39, 0.29) is 5.41 Å². The summed E-state index contributed by atoms with van der Waals surface area (Å²) in [5.74, 6) is 3.30. The molecule has 4 aromatic carbocycles. The molecule has 0 aliphatic carbocycles. The number of hydrogen-bond acceptors (Lipinski definition) is 12. The summed E-state index contributed by atoms with van der Waals surface area (Å²) < 4.78 is 33.4. The van der Waals surface area contributed by atoms with Crippen molar-refractivity contribution < 1.29 is 18.9 Å². The van der Waals surface area contributed by atoms with Gasteiger partial charge in [-0.25, -0.2) is 19.9 Å². The number of thiol groups is 4. The summed E-state index contributed by atoms with van der Waals surface area (Å²) in [6.07, 6.45) is 7.46. The van der Waals surface area contributed by atoms with Crippen molar-refractivity contribution in [2.45, 2.75) is 72.0 Å². The predicted molar refractivity (Wildman–Crippen MR) is 253 cm³/mol. The van der Waals surface area contributed by atoms with E-state index in [0.29, 0.717) is 47.1 Å². The number of benzene rings is 4. The lowest BCUT2D eigenvalue weighted by Gasteiger charge is -2.35. The molecular formula is C45H52N8O4S4. The summed E-state index contributed by atoms with van der Waals surface area (Å²) in [6, 6.07) is 24.1. The van der Waals surface area contributed by atoms with Crippen molar-refractivity contribution in [3.8, 4) is 23.0 Å². The molecule has 0 atom stereocenters. The SMILES string of the molecule is Cn1c(S)nc2ccc(OCCCC(CCCOc3ccc4nc(S)n(C)c4c3)(CCCOc3ccc4nc(S)n(C)c4c3)CCCOc3ccc4nc(S)n(C)c4c3)cc21. The van der Waals surface area contributed by atoms with Gasteiger partial charge in [0.25, 0.3) is 0 Å². The minimum Gasteiger partial charge on any atom is -0.494 e. The molecule has 4 heterocycles. The van der Waals surface area contributed by atoms with Crippen LogP contribution >= 0.6 is 50.5 Å². The second kappa shape index (κ2) is 18.8. The van der Waals surface area contributed by atoms with Crippen molar-refractivity contribution in [1.82, 2.24) is 38.2 Å². The van der Waals surface area contributed by atoms with Crippen LogP contribution < -0.4 is 18.9 Å². The normalized spacial score (nSPS) is 12.1. The molecule has 0 amide bonds. The molecule has 12 nitrogen and oxygen atoms in total. The van der Waals surface area contributed by atoms with Crippen LogP contribution in [0.1, 0.15) is 51.4 Å². The fourth-order valence-electron chi connectivity index (χ4n) is 8.29. The predicted octanol–water partition coefficient (Wildman–Crippen LogP) is 10.1. The maximum Gasteiger partial charge on any atom is 0.165 e. The fourth-order valence-corrected chi connectivity index (χ4v) is 9.15. The molecule has 0 aliphatic rings. The van der Waals surface area contributed by atoms with Crippen molar-refractivity contribution in [3.63, 3.8) is 0 Å². The summed E-state index contributed by atoms with van der Waals surface area (Å²) in [5, 5.41) is 2.69. The largest absolute Gasteiger partial charge is 0.494 e. The number of aromatic nitrogens is 8. The average molecular weight is 897 g/mol. The highest BCUT2D eigenvalue weighted by molar-refractivity contribution is 7.80. The van der Waals surface area contributed by atoms with Crippen LogP contribution in [0.2, 0.25) is 0 Å². The van der Waals surface area contributed by atoms with E-state index in [1.54, 1.807) is 0 Å². The third-order valence-electron chi connectivity index (χ3n) is 11.8. The van der Waals surface area contributed by atoms with Crippen LogP contribution in [-0.4, -0.2) is 64.6 Å². The van der Waals surface area contributed by atoms with Gasteiger partial charge in [0.15, 0.2) is 20.6 Å². The van der Waals surface area contributed by atoms with Gasteiger partial charge in [0.1, 0.15) is 23.0 Å². The number of aryl methyl sites for hydroxylation is 4. The van der Waals surface area contributed by atoms with Gasteiger partial charge in [0, 0.05) is 52.5 Å². The van der Waals surface area contributed by atoms with Gasteiger partial charge >= 0.3 is 0 Å². The van der Waals surface area contributed by atoms with Crippen LogP contribution in [0.4, 0.5) is 0 Å². The van der Waals surface area contributed by atoms with E-state index in [1.807, 2.05) is 119 Å². The average Bonchev–Trinajstić information content (AvgIpc) is 3.92. The zero-order valence-corrected chi connectivity index (χ0v) is 38.5. The first-order valence-corrected chi connectivity index (χ1v) is 22.4. The van der Waals surface area contributed by atoms with Crippen LogP contribution in [-0.2, 0) is 28.2 Å². The second-order valence-corrected chi connectivity index (χ2v) is 17.4. The Bertz CT molecular complexity index is 2430. The molecule has 0 spiro atoms. The minimum absolute atomic E-state index is 0.0148. The van der Waals surface area contributed by atoms with Crippen LogP contribution in [0.5, 0.6) is 23.0 Å². The van der Waals surface area contributed by atoms with Gasteiger partial charge in [-0.1, -0.05) is 0 Å². The van der Waals surface area contributed by atoms with Crippen molar-refractivity contribution in [1.29, 1.82) is 0 Å². The number of nitrogens with zero attached hydrogens (tertiary/aromatic N) is 8. The van der Waals surface area contributed by atoms with Crippen molar-refractivity contribution >= 4 is 94.6 Å². The van der Waals surface area contributed by atoms with E-state index in [4.69, 9.17) is 18.9 Å². The number of hydrogen-bond donors (Lipinski definition) is 4. The lowest BCUT2D eigenvalue weighted by atomic mass is 9.72. The molecule has 16 heteroatoms. The number of fused-ring (bicyclic) bond motifs is 4. The van der Waals surface area contributed by atoms with Gasteiger partial charge in [0.05, 0.1) is 70.6 Å². The highest BCUT2D eigenvalue weighted by atomic mass is 32.1. The Labute approximate surface area is 377 Å². The van der Waals surface area contributed by atoms with Crippen molar-refractivity contribution in [3.05, 3.63) is 72.8 Å². The first-order valence-electron chi connectivity index (χ1n) is 20.6. The van der Waals surface area contributed by atoms with Crippen LogP contribution in [0, 0.1) is 5.41 Å². The summed E-state index contributed by atoms with van der Waals surface area (Å²) in [7, 11) is 7.86. The monoisotopic (exact) mass is 896 g/mol. The third-order valence-corrected chi connectivity index (χ3v) is 13.4. The quantitative estimate of drug-likeness (QED) is 0.0443. The van der Waals surface area contributed by atoms with E-state index >= 15 is 0 Å². The molecule has 0 N–H and O–H groups in total. The maximum atomic E-state index is 6.39. The molecule has 0 radical (unpaired) electrons. The molecule has 320 valence electrons. The summed E-state index contributed by atoms with van der Waals surface area (Å²) >= 11 is 18.0. The molecule has 0 unspecified atom stereocenters. The third kappa shape index (κ3) is 9.72. The lowest BCUT2D eigenvalue weighted by Crippen LogP contribution is -2.25. The van der Waals surface area contributed by atoms with Crippen LogP contribution in [0.15, 0.2) is 93.4 Å². The summed E-state index contributed by atoms with van der Waals surface area (Å²) in [4.78, 5) is 18.1. The van der Waals surface area contributed by atoms with Gasteiger partial charge in [-0.15, -0.1) is 50.5 Å². The van der Waals surface area contributed by atoms with E-state index in [1.165, 1.54) is 0 Å². The number of imidazole rings is 4. The molecule has 0 bridgehead atoms. The molecule has 0 saturated carbocycles. The van der Waals surface area contributed by atoms with Gasteiger partial charge in [-0.3, -0.25) is 0 Å². The highest BCUT2D eigenvalue weighted by Crippen LogP contribution is 2.41. The van der Waals surface area contributed by atoms with Crippen molar-refractivity contribution in [2.24, 2.45) is 33.6 Å². The van der Waals surface area contributed by atoms with Crippen LogP contribution in [0.25, 0.3) is 44.1 Å². The van der Waals surface area contributed by atoms with Crippen molar-refractivity contribution in [2.75, 3.05) is 26.4 Å². The van der Waals surface area contributed by atoms with Gasteiger partial charge < -0.3 is 37.2 Å². The van der Waals surface area contributed by atoms with E-state index in [9.17, 15) is 0 Å². The molecule has 61 heavy (non-hydrogen) atoms. The Morgan fingerprint density at radius 3 is 0.852 bits per heavy atom. The second-order valence-electron chi connectivity index (χ2n) is 15.8. The van der Waals surface area contributed by atoms with Gasteiger partial charge in [-0.2, -0.15) is 0 Å². The van der Waals surface area contributed by atoms with E-state index in [2.05, 4.69) is 70.5 Å². The zero-order valence-electron chi connectivity index (χ0n) is 34.9. The minimum atomic E-state index is -0.0148. The molecule has 4 aromatic heterocycles. The van der Waals surface area contributed by atoms with Crippen LogP contribution in [0.3, 0.4) is 0 Å². The molecule has 0 fully saturated rings. The van der Waals surface area contributed by atoms with Gasteiger partial charge in [-0.05, 0) is 105 Å². The Morgan fingerprint density at radius 1 is 0.393 bits per heavy atom. The summed E-state index contributed by atoms with van der Waals surface area (Å²) in [6.45, 7) is 2.37. The topological polar surface area (TPSA) is 108 Å². The molecule has 8 rings (SSSR count). The molecule has 8 aromatic rings. The summed E-state index contributed by atoms with van der Waals surface area (Å²) in [5.41, 5.74) is 7.55.